The molecule has 1 aliphatic rings. The molecule has 0 spiro atoms. The van der Waals surface area contributed by atoms with Crippen LogP contribution in [0.4, 0.5) is 4.39 Å². The van der Waals surface area contributed by atoms with Crippen molar-refractivity contribution in [1.29, 1.82) is 0 Å². The van der Waals surface area contributed by atoms with E-state index in [0.29, 0.717) is 5.56 Å². The average Bonchev–Trinajstić information content (AvgIpc) is 2.40. The van der Waals surface area contributed by atoms with Gasteiger partial charge in [-0.05, 0) is 37.5 Å². The lowest BCUT2D eigenvalue weighted by Crippen LogP contribution is -2.51. The van der Waals surface area contributed by atoms with Crippen molar-refractivity contribution >= 4 is 10.0 Å². The van der Waals surface area contributed by atoms with Crippen LogP contribution >= 0.6 is 0 Å². The summed E-state index contributed by atoms with van der Waals surface area (Å²) in [7, 11) is -3.72. The van der Waals surface area contributed by atoms with E-state index in [2.05, 4.69) is 4.72 Å². The van der Waals surface area contributed by atoms with Gasteiger partial charge in [0.1, 0.15) is 5.82 Å². The third-order valence-electron chi connectivity index (χ3n) is 3.90. The summed E-state index contributed by atoms with van der Waals surface area (Å²) in [5.74, 6) is -0.559. The third-order valence-corrected chi connectivity index (χ3v) is 5.45. The molecule has 0 amide bonds. The first-order chi connectivity index (χ1) is 9.32. The van der Waals surface area contributed by atoms with E-state index in [4.69, 9.17) is 5.73 Å². The topological polar surface area (TPSA) is 72.2 Å². The fourth-order valence-electron chi connectivity index (χ4n) is 2.61. The van der Waals surface area contributed by atoms with Crippen molar-refractivity contribution in [3.63, 3.8) is 0 Å². The monoisotopic (exact) mass is 300 g/mol. The number of aryl methyl sites for hydroxylation is 1. The zero-order chi connectivity index (χ0) is 14.8. The van der Waals surface area contributed by atoms with Crippen molar-refractivity contribution in [3.05, 3.63) is 29.6 Å². The summed E-state index contributed by atoms with van der Waals surface area (Å²) >= 11 is 0. The number of hydrogen-bond donors (Lipinski definition) is 2. The van der Waals surface area contributed by atoms with Gasteiger partial charge in [-0.3, -0.25) is 0 Å². The number of nitrogens with two attached hydrogens (primary N) is 1. The van der Waals surface area contributed by atoms with Gasteiger partial charge in [0.2, 0.25) is 10.0 Å². The number of benzene rings is 1. The second-order valence-corrected chi connectivity index (χ2v) is 7.39. The van der Waals surface area contributed by atoms with Gasteiger partial charge < -0.3 is 5.73 Å². The van der Waals surface area contributed by atoms with Crippen molar-refractivity contribution in [2.75, 3.05) is 6.54 Å². The van der Waals surface area contributed by atoms with E-state index in [9.17, 15) is 12.8 Å². The second kappa shape index (κ2) is 5.79. The van der Waals surface area contributed by atoms with E-state index in [0.717, 1.165) is 38.2 Å². The maximum atomic E-state index is 13.2. The maximum absolute atomic E-state index is 13.2. The second-order valence-electron chi connectivity index (χ2n) is 5.66. The van der Waals surface area contributed by atoms with E-state index in [1.807, 2.05) is 0 Å². The fraction of sp³-hybridized carbons (Fsp3) is 0.571. The molecule has 0 heterocycles. The Morgan fingerprint density at radius 1 is 1.30 bits per heavy atom. The summed E-state index contributed by atoms with van der Waals surface area (Å²) in [6.45, 7) is 1.85. The zero-order valence-corrected chi connectivity index (χ0v) is 12.5. The lowest BCUT2D eigenvalue weighted by Gasteiger charge is -2.33. The van der Waals surface area contributed by atoms with Crippen LogP contribution in [0.5, 0.6) is 0 Å². The van der Waals surface area contributed by atoms with Gasteiger partial charge in [-0.1, -0.05) is 25.3 Å². The molecule has 2 rings (SSSR count). The Morgan fingerprint density at radius 2 is 1.95 bits per heavy atom. The summed E-state index contributed by atoms with van der Waals surface area (Å²) in [6, 6.07) is 3.75. The standard InChI is InChI=1S/C14H21FN2O2S/c1-11-5-6-12(15)9-13(11)20(18,19)17-10-14(16)7-3-2-4-8-14/h5-6,9,17H,2-4,7-8,10,16H2,1H3. The number of hydrogen-bond acceptors (Lipinski definition) is 3. The predicted molar refractivity (Wildman–Crippen MR) is 76.3 cm³/mol. The molecule has 1 saturated carbocycles. The highest BCUT2D eigenvalue weighted by atomic mass is 32.2. The minimum absolute atomic E-state index is 0.0168. The molecular formula is C14H21FN2O2S. The van der Waals surface area contributed by atoms with E-state index in [-0.39, 0.29) is 11.4 Å². The normalized spacial score (nSPS) is 18.9. The molecule has 20 heavy (non-hydrogen) atoms. The minimum Gasteiger partial charge on any atom is -0.324 e. The SMILES string of the molecule is Cc1ccc(F)cc1S(=O)(=O)NCC1(N)CCCCC1. The van der Waals surface area contributed by atoms with Crippen molar-refractivity contribution in [2.24, 2.45) is 5.73 Å². The number of rotatable bonds is 4. The highest BCUT2D eigenvalue weighted by Gasteiger charge is 2.29. The van der Waals surface area contributed by atoms with Gasteiger partial charge >= 0.3 is 0 Å². The molecule has 1 fully saturated rings. The van der Waals surface area contributed by atoms with Crippen LogP contribution in [-0.2, 0) is 10.0 Å². The first-order valence-electron chi connectivity index (χ1n) is 6.87. The van der Waals surface area contributed by atoms with E-state index >= 15 is 0 Å². The average molecular weight is 300 g/mol. The van der Waals surface area contributed by atoms with Crippen molar-refractivity contribution in [2.45, 2.75) is 49.5 Å². The molecule has 4 nitrogen and oxygen atoms in total. The highest BCUT2D eigenvalue weighted by Crippen LogP contribution is 2.26. The molecule has 0 bridgehead atoms. The van der Waals surface area contributed by atoms with E-state index in [1.54, 1.807) is 6.92 Å². The smallest absolute Gasteiger partial charge is 0.240 e. The Labute approximate surface area is 119 Å². The summed E-state index contributed by atoms with van der Waals surface area (Å²) in [6.07, 6.45) is 4.83. The van der Waals surface area contributed by atoms with Crippen LogP contribution in [0.1, 0.15) is 37.7 Å². The van der Waals surface area contributed by atoms with Gasteiger partial charge in [-0.25, -0.2) is 17.5 Å². The molecule has 0 saturated heterocycles. The molecule has 1 aromatic carbocycles. The van der Waals surface area contributed by atoms with Crippen molar-refractivity contribution in [1.82, 2.24) is 4.72 Å². The van der Waals surface area contributed by atoms with Crippen LogP contribution in [0.2, 0.25) is 0 Å². The highest BCUT2D eigenvalue weighted by molar-refractivity contribution is 7.89. The summed E-state index contributed by atoms with van der Waals surface area (Å²) in [5.41, 5.74) is 6.25. The Kier molecular flexibility index (Phi) is 4.46. The van der Waals surface area contributed by atoms with Gasteiger partial charge in [0.15, 0.2) is 0 Å². The fourth-order valence-corrected chi connectivity index (χ4v) is 4.01. The molecule has 6 heteroatoms. The van der Waals surface area contributed by atoms with Crippen LogP contribution in [-0.4, -0.2) is 20.5 Å². The van der Waals surface area contributed by atoms with Crippen LogP contribution in [0.25, 0.3) is 0 Å². The number of nitrogens with one attached hydrogen (secondary N) is 1. The van der Waals surface area contributed by atoms with Crippen LogP contribution in [0.15, 0.2) is 23.1 Å². The molecule has 1 aromatic rings. The van der Waals surface area contributed by atoms with E-state index < -0.39 is 21.4 Å². The largest absolute Gasteiger partial charge is 0.324 e. The maximum Gasteiger partial charge on any atom is 0.240 e. The molecule has 0 unspecified atom stereocenters. The quantitative estimate of drug-likeness (QED) is 0.894. The number of halogens is 1. The van der Waals surface area contributed by atoms with Gasteiger partial charge in [0.25, 0.3) is 0 Å². The van der Waals surface area contributed by atoms with Gasteiger partial charge in [-0.2, -0.15) is 0 Å². The molecule has 112 valence electrons. The third kappa shape index (κ3) is 3.56. The molecule has 3 N–H and O–H groups in total. The van der Waals surface area contributed by atoms with Crippen molar-refractivity contribution in [3.8, 4) is 0 Å². The predicted octanol–water partition coefficient (Wildman–Crippen LogP) is 2.07. The Bertz CT molecular complexity index is 581. The van der Waals surface area contributed by atoms with Crippen LogP contribution in [0.3, 0.4) is 0 Å². The molecule has 0 atom stereocenters. The Hall–Kier alpha value is -0.980. The molecular weight excluding hydrogens is 279 g/mol. The van der Waals surface area contributed by atoms with E-state index in [1.165, 1.54) is 12.1 Å². The van der Waals surface area contributed by atoms with Gasteiger partial charge in [-0.15, -0.1) is 0 Å². The van der Waals surface area contributed by atoms with Crippen LogP contribution in [0, 0.1) is 12.7 Å². The lowest BCUT2D eigenvalue weighted by molar-refractivity contribution is 0.296. The van der Waals surface area contributed by atoms with Gasteiger partial charge in [0.05, 0.1) is 4.90 Å². The molecule has 1 aliphatic carbocycles. The first-order valence-corrected chi connectivity index (χ1v) is 8.35. The van der Waals surface area contributed by atoms with Crippen LogP contribution < -0.4 is 10.5 Å². The summed E-state index contributed by atoms with van der Waals surface area (Å²) < 4.78 is 40.3. The molecule has 0 radical (unpaired) electrons. The zero-order valence-electron chi connectivity index (χ0n) is 11.7. The Morgan fingerprint density at radius 3 is 2.60 bits per heavy atom. The Balaban J connectivity index is 2.13. The minimum atomic E-state index is -3.72. The molecule has 0 aromatic heterocycles. The summed E-state index contributed by atoms with van der Waals surface area (Å²) in [5, 5.41) is 0. The number of sulfonamides is 1. The van der Waals surface area contributed by atoms with Crippen molar-refractivity contribution < 1.29 is 12.8 Å². The lowest BCUT2D eigenvalue weighted by atomic mass is 9.83. The first kappa shape index (κ1) is 15.4. The summed E-state index contributed by atoms with van der Waals surface area (Å²) in [4.78, 5) is -0.0168. The molecule has 0 aliphatic heterocycles. The van der Waals surface area contributed by atoms with Gasteiger partial charge in [0, 0.05) is 12.1 Å².